The summed E-state index contributed by atoms with van der Waals surface area (Å²) < 4.78 is 16.6. The molecule has 1 aliphatic heterocycles. The van der Waals surface area contributed by atoms with Gasteiger partial charge in [0.05, 0.1) is 6.61 Å². The van der Waals surface area contributed by atoms with Crippen molar-refractivity contribution in [2.24, 2.45) is 0 Å². The van der Waals surface area contributed by atoms with Crippen LogP contribution in [0.5, 0.6) is 0 Å². The fourth-order valence-corrected chi connectivity index (χ4v) is 2.75. The SMILES string of the molecule is CCOC(=O)[C@@]1(C)O[C@H]1CCO[Si](C)(C)C(C)(C)C. The third-order valence-corrected chi connectivity index (χ3v) is 8.81. The van der Waals surface area contributed by atoms with Crippen LogP contribution in [-0.4, -0.2) is 39.2 Å². The summed E-state index contributed by atoms with van der Waals surface area (Å²) in [6.45, 7) is 15.7. The Balaban J connectivity index is 2.35. The Morgan fingerprint density at radius 2 is 1.95 bits per heavy atom. The molecule has 0 spiro atoms. The van der Waals surface area contributed by atoms with E-state index in [1.165, 1.54) is 0 Å². The largest absolute Gasteiger partial charge is 0.464 e. The van der Waals surface area contributed by atoms with E-state index in [-0.39, 0.29) is 17.1 Å². The zero-order chi connectivity index (χ0) is 14.9. The van der Waals surface area contributed by atoms with Crippen molar-refractivity contribution in [1.82, 2.24) is 0 Å². The van der Waals surface area contributed by atoms with Crippen molar-refractivity contribution in [1.29, 1.82) is 0 Å². The van der Waals surface area contributed by atoms with Crippen LogP contribution in [0.3, 0.4) is 0 Å². The Labute approximate surface area is 117 Å². The molecule has 0 saturated carbocycles. The molecular formula is C14H28O4Si. The molecule has 112 valence electrons. The van der Waals surface area contributed by atoms with Crippen LogP contribution in [0.2, 0.25) is 18.1 Å². The van der Waals surface area contributed by atoms with Crippen LogP contribution < -0.4 is 0 Å². The van der Waals surface area contributed by atoms with Crippen molar-refractivity contribution < 1.29 is 18.7 Å². The second-order valence-corrected chi connectivity index (χ2v) is 11.6. The van der Waals surface area contributed by atoms with Gasteiger partial charge in [0.15, 0.2) is 13.9 Å². The average Bonchev–Trinajstić information content (AvgIpc) is 2.90. The number of ether oxygens (including phenoxy) is 2. The van der Waals surface area contributed by atoms with Gasteiger partial charge in [-0.05, 0) is 38.4 Å². The molecular weight excluding hydrogens is 260 g/mol. The highest BCUT2D eigenvalue weighted by Crippen LogP contribution is 2.41. The summed E-state index contributed by atoms with van der Waals surface area (Å²) in [5.41, 5.74) is -0.743. The standard InChI is InChI=1S/C14H28O4Si/c1-8-16-12(15)14(5)11(18-14)9-10-17-19(6,7)13(2,3)4/h11H,8-10H2,1-7H3/t11-,14-/m0/s1. The van der Waals surface area contributed by atoms with Gasteiger partial charge in [-0.25, -0.2) is 4.79 Å². The molecule has 0 unspecified atom stereocenters. The lowest BCUT2D eigenvalue weighted by Gasteiger charge is -2.36. The first-order valence-corrected chi connectivity index (χ1v) is 9.94. The minimum Gasteiger partial charge on any atom is -0.464 e. The molecule has 1 fully saturated rings. The Morgan fingerprint density at radius 3 is 2.42 bits per heavy atom. The molecule has 0 aromatic carbocycles. The normalized spacial score (nSPS) is 27.2. The molecule has 19 heavy (non-hydrogen) atoms. The predicted molar refractivity (Wildman–Crippen MR) is 77.7 cm³/mol. The number of carbonyl (C=O) groups is 1. The molecule has 0 N–H and O–H groups in total. The lowest BCUT2D eigenvalue weighted by atomic mass is 10.1. The van der Waals surface area contributed by atoms with Gasteiger partial charge in [-0.2, -0.15) is 0 Å². The van der Waals surface area contributed by atoms with E-state index in [0.717, 1.165) is 6.42 Å². The first-order chi connectivity index (χ1) is 8.54. The van der Waals surface area contributed by atoms with E-state index in [0.29, 0.717) is 13.2 Å². The van der Waals surface area contributed by atoms with Gasteiger partial charge in [0.1, 0.15) is 6.10 Å². The first-order valence-electron chi connectivity index (χ1n) is 7.03. The van der Waals surface area contributed by atoms with Crippen LogP contribution in [0, 0.1) is 0 Å². The summed E-state index contributed by atoms with van der Waals surface area (Å²) in [6.07, 6.45) is 0.693. The van der Waals surface area contributed by atoms with Crippen molar-refractivity contribution in [2.45, 2.75) is 70.9 Å². The highest BCUT2D eigenvalue weighted by atomic mass is 28.4. The molecule has 1 aliphatic rings. The van der Waals surface area contributed by atoms with Crippen molar-refractivity contribution in [3.8, 4) is 0 Å². The van der Waals surface area contributed by atoms with Gasteiger partial charge in [-0.3, -0.25) is 0 Å². The van der Waals surface area contributed by atoms with Crippen molar-refractivity contribution in [3.63, 3.8) is 0 Å². The lowest BCUT2D eigenvalue weighted by molar-refractivity contribution is -0.148. The van der Waals surface area contributed by atoms with Gasteiger partial charge in [0, 0.05) is 6.61 Å². The van der Waals surface area contributed by atoms with Crippen LogP contribution in [-0.2, 0) is 18.7 Å². The van der Waals surface area contributed by atoms with E-state index >= 15 is 0 Å². The zero-order valence-electron chi connectivity index (χ0n) is 13.3. The number of rotatable bonds is 6. The number of hydrogen-bond donors (Lipinski definition) is 0. The van der Waals surface area contributed by atoms with Gasteiger partial charge >= 0.3 is 5.97 Å². The maximum Gasteiger partial charge on any atom is 0.340 e. The smallest absolute Gasteiger partial charge is 0.340 e. The Bertz CT molecular complexity index is 335. The molecule has 1 heterocycles. The van der Waals surface area contributed by atoms with Gasteiger partial charge in [0.2, 0.25) is 0 Å². The Morgan fingerprint density at radius 1 is 1.37 bits per heavy atom. The number of hydrogen-bond acceptors (Lipinski definition) is 4. The maximum atomic E-state index is 11.7. The third kappa shape index (κ3) is 3.80. The van der Waals surface area contributed by atoms with Gasteiger partial charge in [0.25, 0.3) is 0 Å². The quantitative estimate of drug-likeness (QED) is 0.428. The van der Waals surface area contributed by atoms with E-state index in [9.17, 15) is 4.79 Å². The predicted octanol–water partition coefficient (Wildman–Crippen LogP) is 3.12. The monoisotopic (exact) mass is 288 g/mol. The van der Waals surface area contributed by atoms with E-state index in [4.69, 9.17) is 13.9 Å². The fourth-order valence-electron chi connectivity index (χ4n) is 1.69. The number of esters is 1. The molecule has 0 amide bonds. The second kappa shape index (κ2) is 5.54. The van der Waals surface area contributed by atoms with Crippen molar-refractivity contribution in [3.05, 3.63) is 0 Å². The van der Waals surface area contributed by atoms with E-state index in [2.05, 4.69) is 33.9 Å². The fraction of sp³-hybridized carbons (Fsp3) is 0.929. The highest BCUT2D eigenvalue weighted by Gasteiger charge is 2.59. The average molecular weight is 288 g/mol. The maximum absolute atomic E-state index is 11.7. The molecule has 2 atom stereocenters. The Kier molecular flexibility index (Phi) is 4.86. The van der Waals surface area contributed by atoms with Crippen LogP contribution in [0.25, 0.3) is 0 Å². The molecule has 1 saturated heterocycles. The molecule has 5 heteroatoms. The van der Waals surface area contributed by atoms with Crippen LogP contribution >= 0.6 is 0 Å². The lowest BCUT2D eigenvalue weighted by Crippen LogP contribution is -2.41. The summed E-state index contributed by atoms with van der Waals surface area (Å²) in [6, 6.07) is 0. The molecule has 4 nitrogen and oxygen atoms in total. The third-order valence-electron chi connectivity index (χ3n) is 4.27. The van der Waals surface area contributed by atoms with Gasteiger partial charge < -0.3 is 13.9 Å². The number of carbonyl (C=O) groups excluding carboxylic acids is 1. The molecule has 0 aliphatic carbocycles. The first kappa shape index (κ1) is 16.7. The van der Waals surface area contributed by atoms with Crippen molar-refractivity contribution >= 4 is 14.3 Å². The van der Waals surface area contributed by atoms with E-state index < -0.39 is 13.9 Å². The topological polar surface area (TPSA) is 48.1 Å². The van der Waals surface area contributed by atoms with E-state index in [1.807, 2.05) is 0 Å². The molecule has 0 aromatic heterocycles. The second-order valence-electron chi connectivity index (χ2n) is 6.83. The molecule has 0 bridgehead atoms. The summed E-state index contributed by atoms with van der Waals surface area (Å²) in [4.78, 5) is 11.7. The van der Waals surface area contributed by atoms with Crippen LogP contribution in [0.4, 0.5) is 0 Å². The summed E-state index contributed by atoms with van der Waals surface area (Å²) >= 11 is 0. The molecule has 1 rings (SSSR count). The molecule has 0 aromatic rings. The van der Waals surface area contributed by atoms with Crippen LogP contribution in [0.1, 0.15) is 41.0 Å². The van der Waals surface area contributed by atoms with Gasteiger partial charge in [-0.1, -0.05) is 20.8 Å². The van der Waals surface area contributed by atoms with E-state index in [1.54, 1.807) is 13.8 Å². The Hall–Kier alpha value is -0.393. The molecule has 0 radical (unpaired) electrons. The minimum absolute atomic E-state index is 0.0590. The number of epoxide rings is 1. The van der Waals surface area contributed by atoms with Crippen LogP contribution in [0.15, 0.2) is 0 Å². The summed E-state index contributed by atoms with van der Waals surface area (Å²) in [5.74, 6) is -0.257. The van der Waals surface area contributed by atoms with Gasteiger partial charge in [-0.15, -0.1) is 0 Å². The summed E-state index contributed by atoms with van der Waals surface area (Å²) in [7, 11) is -1.70. The van der Waals surface area contributed by atoms with Crippen molar-refractivity contribution in [2.75, 3.05) is 13.2 Å². The minimum atomic E-state index is -1.70. The zero-order valence-corrected chi connectivity index (χ0v) is 14.3. The highest BCUT2D eigenvalue weighted by molar-refractivity contribution is 6.74. The summed E-state index contributed by atoms with van der Waals surface area (Å²) in [5, 5.41) is 0.210.